The Balaban J connectivity index is 1.83. The summed E-state index contributed by atoms with van der Waals surface area (Å²) in [5.41, 5.74) is 2.35. The Morgan fingerprint density at radius 2 is 1.93 bits per heavy atom. The predicted octanol–water partition coefficient (Wildman–Crippen LogP) is 1.49. The van der Waals surface area contributed by atoms with Crippen molar-refractivity contribution < 1.29 is 17.9 Å². The molecule has 0 saturated carbocycles. The van der Waals surface area contributed by atoms with Gasteiger partial charge in [-0.3, -0.25) is 4.99 Å². The van der Waals surface area contributed by atoms with Crippen LogP contribution >= 0.6 is 0 Å². The van der Waals surface area contributed by atoms with Crippen molar-refractivity contribution in [3.63, 3.8) is 0 Å². The van der Waals surface area contributed by atoms with Crippen LogP contribution in [-0.2, 0) is 21.2 Å². The molecule has 8 nitrogen and oxygen atoms in total. The standard InChI is InChI=1S/C21H36N4O4S/c1-17(2)29-14-15-30(26,27)25-12-10-24(11-13-25)21(22-4)23-9-8-19-16-18(3)6-7-20(19)28-5/h6-7,16-17H,8-15H2,1-5H3,(H,22,23). The van der Waals surface area contributed by atoms with Crippen LogP contribution in [-0.4, -0.2) is 88.9 Å². The molecule has 0 bridgehead atoms. The molecule has 1 N–H and O–H groups in total. The molecule has 1 aromatic rings. The number of ether oxygens (including phenoxy) is 2. The molecule has 1 heterocycles. The van der Waals surface area contributed by atoms with Gasteiger partial charge in [-0.15, -0.1) is 0 Å². The Labute approximate surface area is 181 Å². The highest BCUT2D eigenvalue weighted by atomic mass is 32.2. The Kier molecular flexibility index (Phi) is 9.38. The summed E-state index contributed by atoms with van der Waals surface area (Å²) in [6.45, 7) is 8.95. The fourth-order valence-corrected chi connectivity index (χ4v) is 4.72. The largest absolute Gasteiger partial charge is 0.496 e. The first-order valence-electron chi connectivity index (χ1n) is 10.5. The van der Waals surface area contributed by atoms with E-state index in [2.05, 4.69) is 28.2 Å². The highest BCUT2D eigenvalue weighted by Gasteiger charge is 2.28. The van der Waals surface area contributed by atoms with Crippen molar-refractivity contribution >= 4 is 16.0 Å². The van der Waals surface area contributed by atoms with E-state index < -0.39 is 10.0 Å². The molecule has 1 saturated heterocycles. The van der Waals surface area contributed by atoms with E-state index in [9.17, 15) is 8.42 Å². The lowest BCUT2D eigenvalue weighted by Gasteiger charge is -2.35. The molecule has 1 fully saturated rings. The van der Waals surface area contributed by atoms with Gasteiger partial charge in [0.25, 0.3) is 0 Å². The first-order chi connectivity index (χ1) is 14.3. The second-order valence-corrected chi connectivity index (χ2v) is 9.75. The average molecular weight is 441 g/mol. The highest BCUT2D eigenvalue weighted by molar-refractivity contribution is 7.89. The molecule has 30 heavy (non-hydrogen) atoms. The van der Waals surface area contributed by atoms with Gasteiger partial charge in [-0.1, -0.05) is 17.7 Å². The van der Waals surface area contributed by atoms with E-state index in [0.29, 0.717) is 26.2 Å². The van der Waals surface area contributed by atoms with Crippen LogP contribution in [0.1, 0.15) is 25.0 Å². The van der Waals surface area contributed by atoms with Crippen molar-refractivity contribution in [3.8, 4) is 5.75 Å². The molecule has 1 aliphatic rings. The zero-order valence-electron chi connectivity index (χ0n) is 18.8. The maximum absolute atomic E-state index is 12.5. The molecule has 1 aromatic carbocycles. The summed E-state index contributed by atoms with van der Waals surface area (Å²) >= 11 is 0. The molecular formula is C21H36N4O4S. The first kappa shape index (κ1) is 24.4. The molecule has 0 atom stereocenters. The normalized spacial score (nSPS) is 16.2. The number of piperazine rings is 1. The number of guanidine groups is 1. The van der Waals surface area contributed by atoms with E-state index in [4.69, 9.17) is 9.47 Å². The quantitative estimate of drug-likeness (QED) is 0.463. The second kappa shape index (κ2) is 11.5. The summed E-state index contributed by atoms with van der Waals surface area (Å²) in [5, 5.41) is 3.39. The van der Waals surface area contributed by atoms with Gasteiger partial charge in [-0.2, -0.15) is 4.31 Å². The first-order valence-corrected chi connectivity index (χ1v) is 12.1. The summed E-state index contributed by atoms with van der Waals surface area (Å²) in [4.78, 5) is 6.47. The number of benzene rings is 1. The van der Waals surface area contributed by atoms with E-state index in [0.717, 1.165) is 30.2 Å². The molecule has 0 aliphatic carbocycles. The molecule has 0 amide bonds. The maximum Gasteiger partial charge on any atom is 0.216 e. The SMILES string of the molecule is CN=C(NCCc1cc(C)ccc1OC)N1CCN(S(=O)(=O)CCOC(C)C)CC1. The lowest BCUT2D eigenvalue weighted by molar-refractivity contribution is 0.0904. The van der Waals surface area contributed by atoms with Crippen LogP contribution in [0.3, 0.4) is 0 Å². The molecule has 0 aromatic heterocycles. The lowest BCUT2D eigenvalue weighted by Crippen LogP contribution is -2.54. The van der Waals surface area contributed by atoms with E-state index in [-0.39, 0.29) is 18.5 Å². The van der Waals surface area contributed by atoms with Gasteiger partial charge >= 0.3 is 0 Å². The maximum atomic E-state index is 12.5. The van der Waals surface area contributed by atoms with Crippen molar-refractivity contribution in [1.29, 1.82) is 0 Å². The molecule has 0 spiro atoms. The fourth-order valence-electron chi connectivity index (χ4n) is 3.44. The number of hydrogen-bond acceptors (Lipinski definition) is 5. The van der Waals surface area contributed by atoms with E-state index in [1.54, 1.807) is 18.5 Å². The highest BCUT2D eigenvalue weighted by Crippen LogP contribution is 2.19. The Morgan fingerprint density at radius 3 is 2.53 bits per heavy atom. The molecule has 2 rings (SSSR count). The monoisotopic (exact) mass is 440 g/mol. The summed E-state index contributed by atoms with van der Waals surface area (Å²) in [5.74, 6) is 1.70. The third kappa shape index (κ3) is 7.14. The Morgan fingerprint density at radius 1 is 1.23 bits per heavy atom. The van der Waals surface area contributed by atoms with Gasteiger partial charge in [-0.05, 0) is 38.8 Å². The minimum Gasteiger partial charge on any atom is -0.496 e. The van der Waals surface area contributed by atoms with Gasteiger partial charge in [0, 0.05) is 39.8 Å². The van der Waals surface area contributed by atoms with Gasteiger partial charge in [-0.25, -0.2) is 8.42 Å². The Hall–Kier alpha value is -1.84. The van der Waals surface area contributed by atoms with Gasteiger partial charge in [0.1, 0.15) is 5.75 Å². The zero-order valence-corrected chi connectivity index (χ0v) is 19.7. The van der Waals surface area contributed by atoms with Gasteiger partial charge in [0.15, 0.2) is 5.96 Å². The zero-order chi connectivity index (χ0) is 22.1. The number of nitrogens with one attached hydrogen (secondary N) is 1. The second-order valence-electron chi connectivity index (χ2n) is 7.66. The van der Waals surface area contributed by atoms with Crippen LogP contribution in [0.15, 0.2) is 23.2 Å². The van der Waals surface area contributed by atoms with Crippen molar-refractivity contribution in [3.05, 3.63) is 29.3 Å². The summed E-state index contributed by atoms with van der Waals surface area (Å²) in [6.07, 6.45) is 0.847. The van der Waals surface area contributed by atoms with Gasteiger partial charge in [0.2, 0.25) is 10.0 Å². The van der Waals surface area contributed by atoms with Gasteiger partial charge < -0.3 is 19.7 Å². The lowest BCUT2D eigenvalue weighted by atomic mass is 10.1. The van der Waals surface area contributed by atoms with Crippen LogP contribution in [0.2, 0.25) is 0 Å². The summed E-state index contributed by atoms with van der Waals surface area (Å²) in [7, 11) is 0.143. The van der Waals surface area contributed by atoms with E-state index in [1.807, 2.05) is 26.0 Å². The minimum atomic E-state index is -3.29. The fraction of sp³-hybridized carbons (Fsp3) is 0.667. The van der Waals surface area contributed by atoms with Crippen molar-refractivity contribution in [2.75, 3.05) is 59.2 Å². The van der Waals surface area contributed by atoms with Crippen LogP contribution in [0, 0.1) is 6.92 Å². The van der Waals surface area contributed by atoms with Crippen molar-refractivity contribution in [2.45, 2.75) is 33.3 Å². The van der Waals surface area contributed by atoms with Crippen molar-refractivity contribution in [2.24, 2.45) is 4.99 Å². The van der Waals surface area contributed by atoms with E-state index in [1.165, 1.54) is 5.56 Å². The molecule has 1 aliphatic heterocycles. The number of aryl methyl sites for hydroxylation is 1. The Bertz CT molecular complexity index is 803. The summed E-state index contributed by atoms with van der Waals surface area (Å²) < 4.78 is 37.4. The number of sulfonamides is 1. The average Bonchev–Trinajstić information content (AvgIpc) is 2.71. The minimum absolute atomic E-state index is 0.0243. The van der Waals surface area contributed by atoms with Gasteiger partial charge in [0.05, 0.1) is 25.6 Å². The molecular weight excluding hydrogens is 404 g/mol. The molecule has 170 valence electrons. The van der Waals surface area contributed by atoms with Crippen LogP contribution in [0.4, 0.5) is 0 Å². The third-order valence-electron chi connectivity index (χ3n) is 5.05. The number of methoxy groups -OCH3 is 1. The van der Waals surface area contributed by atoms with Crippen LogP contribution in [0.25, 0.3) is 0 Å². The molecule has 0 radical (unpaired) electrons. The van der Waals surface area contributed by atoms with Crippen LogP contribution < -0.4 is 10.1 Å². The smallest absolute Gasteiger partial charge is 0.216 e. The number of aliphatic imine (C=N–C) groups is 1. The molecule has 9 heteroatoms. The predicted molar refractivity (Wildman–Crippen MR) is 121 cm³/mol. The number of nitrogens with zero attached hydrogens (tertiary/aromatic N) is 3. The topological polar surface area (TPSA) is 83.5 Å². The van der Waals surface area contributed by atoms with Crippen LogP contribution in [0.5, 0.6) is 5.75 Å². The molecule has 0 unspecified atom stereocenters. The van der Waals surface area contributed by atoms with Crippen molar-refractivity contribution in [1.82, 2.24) is 14.5 Å². The third-order valence-corrected chi connectivity index (χ3v) is 6.88. The number of hydrogen-bond donors (Lipinski definition) is 1. The van der Waals surface area contributed by atoms with E-state index >= 15 is 0 Å². The summed E-state index contributed by atoms with van der Waals surface area (Å²) in [6, 6.07) is 6.17. The number of rotatable bonds is 9.